The molecule has 3 aromatic rings. The molecular weight excluding hydrogens is 360 g/mol. The number of fused-ring (bicyclic) bond motifs is 1. The van der Waals surface area contributed by atoms with E-state index in [1.807, 2.05) is 30.3 Å². The summed E-state index contributed by atoms with van der Waals surface area (Å²) >= 11 is 0. The first-order valence-electron chi connectivity index (χ1n) is 8.52. The summed E-state index contributed by atoms with van der Waals surface area (Å²) in [7, 11) is 0. The van der Waals surface area contributed by atoms with Crippen molar-refractivity contribution in [3.8, 4) is 28.7 Å². The lowest BCUT2D eigenvalue weighted by Crippen LogP contribution is -1.98. The number of allylic oxidation sites excluding steroid dienone is 1. The molecule has 0 spiro atoms. The fourth-order valence-electron chi connectivity index (χ4n) is 2.84. The first-order chi connectivity index (χ1) is 13.5. The monoisotopic (exact) mass is 376 g/mol. The van der Waals surface area contributed by atoms with Crippen LogP contribution in [0.25, 0.3) is 6.08 Å². The number of Topliss-reactive ketones (excluding diaryl/α,β-unsaturated/α-hetero) is 1. The van der Waals surface area contributed by atoms with E-state index in [4.69, 9.17) is 9.47 Å². The number of ether oxygens (including phenoxy) is 2. The predicted octanol–water partition coefficient (Wildman–Crippen LogP) is 4.00. The maximum absolute atomic E-state index is 12.4. The van der Waals surface area contributed by atoms with Gasteiger partial charge in [0.1, 0.15) is 18.1 Å². The van der Waals surface area contributed by atoms with Crippen molar-refractivity contribution in [2.45, 2.75) is 6.61 Å². The Hall–Kier alpha value is -3.93. The minimum Gasteiger partial charge on any atom is -0.507 e. The van der Waals surface area contributed by atoms with Gasteiger partial charge in [0.2, 0.25) is 11.5 Å². The number of hydrogen-bond acceptors (Lipinski definition) is 6. The van der Waals surface area contributed by atoms with E-state index in [-0.39, 0.29) is 28.6 Å². The maximum atomic E-state index is 12.4. The van der Waals surface area contributed by atoms with Gasteiger partial charge in [0.25, 0.3) is 0 Å². The van der Waals surface area contributed by atoms with E-state index >= 15 is 0 Å². The van der Waals surface area contributed by atoms with Gasteiger partial charge in [-0.15, -0.1) is 0 Å². The van der Waals surface area contributed by atoms with Crippen molar-refractivity contribution in [1.29, 1.82) is 0 Å². The van der Waals surface area contributed by atoms with E-state index in [9.17, 15) is 20.1 Å². The molecule has 3 N–H and O–H groups in total. The molecule has 4 rings (SSSR count). The van der Waals surface area contributed by atoms with Crippen LogP contribution in [-0.2, 0) is 6.61 Å². The normalized spacial score (nSPS) is 14.0. The van der Waals surface area contributed by atoms with Gasteiger partial charge in [-0.1, -0.05) is 30.3 Å². The van der Waals surface area contributed by atoms with Crippen LogP contribution < -0.4 is 9.47 Å². The standard InChI is InChI=1S/C22H16O6/c23-17-9-8-16-20(25)19(28-22(16)21(17)26)10-14-6-7-15(11-18(14)24)27-12-13-4-2-1-3-5-13/h1-11,23-24,26H,12H2/b19-10+. The summed E-state index contributed by atoms with van der Waals surface area (Å²) in [6.07, 6.45) is 1.37. The molecule has 1 heterocycles. The molecule has 6 nitrogen and oxygen atoms in total. The van der Waals surface area contributed by atoms with Gasteiger partial charge in [-0.2, -0.15) is 0 Å². The zero-order valence-electron chi connectivity index (χ0n) is 14.6. The van der Waals surface area contributed by atoms with E-state index in [0.717, 1.165) is 5.56 Å². The summed E-state index contributed by atoms with van der Waals surface area (Å²) in [6.45, 7) is 0.362. The van der Waals surface area contributed by atoms with E-state index in [2.05, 4.69) is 0 Å². The van der Waals surface area contributed by atoms with Crippen molar-refractivity contribution in [3.05, 3.63) is 83.1 Å². The second kappa shape index (κ2) is 7.00. The summed E-state index contributed by atoms with van der Waals surface area (Å²) in [5.41, 5.74) is 1.50. The molecule has 0 aromatic heterocycles. The quantitative estimate of drug-likeness (QED) is 0.470. The lowest BCUT2D eigenvalue weighted by molar-refractivity contribution is 0.101. The van der Waals surface area contributed by atoms with Crippen LogP contribution in [0.5, 0.6) is 28.7 Å². The van der Waals surface area contributed by atoms with Gasteiger partial charge in [-0.05, 0) is 35.9 Å². The summed E-state index contributed by atoms with van der Waals surface area (Å²) < 4.78 is 11.0. The van der Waals surface area contributed by atoms with Gasteiger partial charge in [0.15, 0.2) is 17.3 Å². The molecule has 0 saturated heterocycles. The van der Waals surface area contributed by atoms with Gasteiger partial charge in [-0.25, -0.2) is 0 Å². The Labute approximate surface area is 160 Å². The predicted molar refractivity (Wildman–Crippen MR) is 102 cm³/mol. The van der Waals surface area contributed by atoms with Crippen molar-refractivity contribution >= 4 is 11.9 Å². The summed E-state index contributed by atoms with van der Waals surface area (Å²) in [6, 6.07) is 16.9. The van der Waals surface area contributed by atoms with E-state index in [1.165, 1.54) is 24.3 Å². The molecule has 0 saturated carbocycles. The highest BCUT2D eigenvalue weighted by atomic mass is 16.5. The number of aromatic hydroxyl groups is 3. The molecule has 0 amide bonds. The Balaban J connectivity index is 1.54. The Bertz CT molecular complexity index is 1090. The maximum Gasteiger partial charge on any atom is 0.232 e. The highest BCUT2D eigenvalue weighted by Crippen LogP contribution is 2.44. The number of rotatable bonds is 4. The largest absolute Gasteiger partial charge is 0.507 e. The Kier molecular flexibility index (Phi) is 4.37. The lowest BCUT2D eigenvalue weighted by atomic mass is 10.1. The molecule has 0 atom stereocenters. The van der Waals surface area contributed by atoms with Crippen molar-refractivity contribution in [1.82, 2.24) is 0 Å². The highest BCUT2D eigenvalue weighted by Gasteiger charge is 2.31. The molecule has 0 fully saturated rings. The van der Waals surface area contributed by atoms with Gasteiger partial charge < -0.3 is 24.8 Å². The minimum absolute atomic E-state index is 0.0656. The molecule has 3 aromatic carbocycles. The van der Waals surface area contributed by atoms with Gasteiger partial charge >= 0.3 is 0 Å². The third kappa shape index (κ3) is 3.23. The fraction of sp³-hybridized carbons (Fsp3) is 0.0455. The van der Waals surface area contributed by atoms with Gasteiger partial charge in [0, 0.05) is 11.6 Å². The van der Waals surface area contributed by atoms with E-state index in [1.54, 1.807) is 12.1 Å². The molecule has 140 valence electrons. The van der Waals surface area contributed by atoms with Crippen LogP contribution >= 0.6 is 0 Å². The number of ketones is 1. The molecule has 0 unspecified atom stereocenters. The average Bonchev–Trinajstić information content (AvgIpc) is 3.02. The zero-order valence-corrected chi connectivity index (χ0v) is 14.6. The minimum atomic E-state index is -0.497. The molecule has 0 aliphatic carbocycles. The molecule has 0 radical (unpaired) electrons. The Morgan fingerprint density at radius 3 is 2.46 bits per heavy atom. The van der Waals surface area contributed by atoms with Crippen molar-refractivity contribution in [2.75, 3.05) is 0 Å². The van der Waals surface area contributed by atoms with Crippen molar-refractivity contribution in [2.24, 2.45) is 0 Å². The van der Waals surface area contributed by atoms with Crippen LogP contribution in [0.3, 0.4) is 0 Å². The van der Waals surface area contributed by atoms with Crippen molar-refractivity contribution in [3.63, 3.8) is 0 Å². The molecule has 0 bridgehead atoms. The summed E-state index contributed by atoms with van der Waals surface area (Å²) in [4.78, 5) is 12.4. The lowest BCUT2D eigenvalue weighted by Gasteiger charge is -2.08. The fourth-order valence-corrected chi connectivity index (χ4v) is 2.84. The third-order valence-corrected chi connectivity index (χ3v) is 4.33. The van der Waals surface area contributed by atoms with Crippen LogP contribution in [-0.4, -0.2) is 21.1 Å². The van der Waals surface area contributed by atoms with Crippen molar-refractivity contribution < 1.29 is 29.6 Å². The van der Waals surface area contributed by atoms with Crippen LogP contribution in [0.15, 0.2) is 66.4 Å². The van der Waals surface area contributed by atoms with Gasteiger partial charge in [-0.3, -0.25) is 4.79 Å². The van der Waals surface area contributed by atoms with Gasteiger partial charge in [0.05, 0.1) is 5.56 Å². The van der Waals surface area contributed by atoms with Crippen LogP contribution in [0.4, 0.5) is 0 Å². The molecule has 1 aliphatic rings. The van der Waals surface area contributed by atoms with Crippen LogP contribution in [0.1, 0.15) is 21.5 Å². The second-order valence-electron chi connectivity index (χ2n) is 6.24. The van der Waals surface area contributed by atoms with E-state index < -0.39 is 11.5 Å². The zero-order chi connectivity index (χ0) is 19.7. The van der Waals surface area contributed by atoms with Crippen LogP contribution in [0.2, 0.25) is 0 Å². The molecule has 6 heteroatoms. The number of phenols is 3. The average molecular weight is 376 g/mol. The second-order valence-corrected chi connectivity index (χ2v) is 6.24. The first kappa shape index (κ1) is 17.5. The number of carbonyl (C=O) groups excluding carboxylic acids is 1. The third-order valence-electron chi connectivity index (χ3n) is 4.33. The topological polar surface area (TPSA) is 96.2 Å². The Morgan fingerprint density at radius 2 is 1.71 bits per heavy atom. The highest BCUT2D eigenvalue weighted by molar-refractivity contribution is 6.15. The summed E-state index contributed by atoms with van der Waals surface area (Å²) in [5, 5.41) is 29.7. The number of benzene rings is 3. The Morgan fingerprint density at radius 1 is 0.929 bits per heavy atom. The van der Waals surface area contributed by atoms with Crippen LogP contribution in [0, 0.1) is 0 Å². The summed E-state index contributed by atoms with van der Waals surface area (Å²) in [5.74, 6) is -1.10. The number of phenolic OH excluding ortho intramolecular Hbond substituents is 3. The number of carbonyl (C=O) groups is 1. The molecule has 1 aliphatic heterocycles. The number of hydrogen-bond donors (Lipinski definition) is 3. The SMILES string of the molecule is O=C1/C(=C\c2ccc(OCc3ccccc3)cc2O)Oc2c1ccc(O)c2O. The van der Waals surface area contributed by atoms with E-state index in [0.29, 0.717) is 17.9 Å². The molecule has 28 heavy (non-hydrogen) atoms. The first-order valence-corrected chi connectivity index (χ1v) is 8.52. The molecular formula is C22H16O6. The smallest absolute Gasteiger partial charge is 0.232 e.